The van der Waals surface area contributed by atoms with Gasteiger partial charge in [0, 0.05) is 6.04 Å². The van der Waals surface area contributed by atoms with Gasteiger partial charge in [-0.15, -0.1) is 10.2 Å². The minimum Gasteiger partial charge on any atom is -0.419 e. The fraction of sp³-hybridized carbons (Fsp3) is 0.333. The molecule has 1 aliphatic carbocycles. The minimum absolute atomic E-state index is 0.0361. The molecular weight excluding hydrogens is 410 g/mol. The first kappa shape index (κ1) is 20.1. The van der Waals surface area contributed by atoms with Gasteiger partial charge in [-0.1, -0.05) is 49.2 Å². The van der Waals surface area contributed by atoms with E-state index in [0.29, 0.717) is 10.6 Å². The van der Waals surface area contributed by atoms with E-state index in [1.54, 1.807) is 24.3 Å². The van der Waals surface area contributed by atoms with Crippen molar-refractivity contribution in [3.05, 3.63) is 65.0 Å². The first-order valence-corrected chi connectivity index (χ1v) is 11.5. The lowest BCUT2D eigenvalue weighted by atomic mass is 10.1. The molecule has 152 valence electrons. The molecule has 4 rings (SSSR count). The molecule has 0 N–H and O–H groups in total. The molecule has 0 spiro atoms. The third-order valence-electron chi connectivity index (χ3n) is 4.88. The van der Waals surface area contributed by atoms with Gasteiger partial charge in [-0.2, -0.15) is 4.31 Å². The summed E-state index contributed by atoms with van der Waals surface area (Å²) in [5, 5.41) is 8.59. The van der Waals surface area contributed by atoms with Gasteiger partial charge in [0.25, 0.3) is 0 Å². The molecule has 0 atom stereocenters. The Balaban J connectivity index is 1.58. The van der Waals surface area contributed by atoms with Crippen molar-refractivity contribution in [2.24, 2.45) is 0 Å². The fourth-order valence-electron chi connectivity index (χ4n) is 3.22. The van der Waals surface area contributed by atoms with Crippen molar-refractivity contribution in [3.8, 4) is 11.5 Å². The molecule has 0 saturated heterocycles. The van der Waals surface area contributed by atoms with E-state index in [1.165, 1.54) is 4.31 Å². The quantitative estimate of drug-likeness (QED) is 0.516. The summed E-state index contributed by atoms with van der Waals surface area (Å²) in [6, 6.07) is 14.2. The van der Waals surface area contributed by atoms with Crippen LogP contribution in [-0.4, -0.2) is 29.0 Å². The van der Waals surface area contributed by atoms with Gasteiger partial charge < -0.3 is 4.42 Å². The van der Waals surface area contributed by atoms with Crippen molar-refractivity contribution in [1.29, 1.82) is 0 Å². The van der Waals surface area contributed by atoms with Gasteiger partial charge in [-0.25, -0.2) is 8.42 Å². The molecular formula is C21H22ClN3O3S. The van der Waals surface area contributed by atoms with E-state index in [-0.39, 0.29) is 29.3 Å². The van der Waals surface area contributed by atoms with E-state index in [9.17, 15) is 8.42 Å². The molecule has 1 aliphatic rings. The molecule has 0 amide bonds. The summed E-state index contributed by atoms with van der Waals surface area (Å²) in [5.74, 6) is 0.528. The maximum Gasteiger partial charge on any atom is 0.249 e. The predicted octanol–water partition coefficient (Wildman–Crippen LogP) is 4.70. The highest BCUT2D eigenvalue weighted by atomic mass is 35.5. The molecule has 8 heteroatoms. The maximum atomic E-state index is 13.2. The van der Waals surface area contributed by atoms with Crippen molar-refractivity contribution < 1.29 is 12.8 Å². The van der Waals surface area contributed by atoms with Crippen molar-refractivity contribution in [3.63, 3.8) is 0 Å². The Hall–Kier alpha value is -2.22. The number of halogens is 1. The van der Waals surface area contributed by atoms with Gasteiger partial charge in [0.15, 0.2) is 0 Å². The molecule has 0 unspecified atom stereocenters. The van der Waals surface area contributed by atoms with E-state index >= 15 is 0 Å². The Morgan fingerprint density at radius 3 is 2.48 bits per heavy atom. The number of nitrogens with zero attached hydrogens (tertiary/aromatic N) is 3. The standard InChI is InChI=1S/C21H22ClN3O3S/c1-2-5-15-8-12-17(13-9-15)29(26,27)25(16-10-11-16)14-20-23-24-21(28-20)18-6-3-4-7-19(18)22/h3-4,6-9,12-13,16H,2,5,10-11,14H2,1H3. The summed E-state index contributed by atoms with van der Waals surface area (Å²) < 4.78 is 33.7. The second-order valence-electron chi connectivity index (χ2n) is 7.16. The van der Waals surface area contributed by atoms with Crippen LogP contribution in [0, 0.1) is 0 Å². The van der Waals surface area contributed by atoms with E-state index in [4.69, 9.17) is 16.0 Å². The summed E-state index contributed by atoms with van der Waals surface area (Å²) in [7, 11) is -3.65. The number of hydrogen-bond acceptors (Lipinski definition) is 5. The molecule has 1 aromatic heterocycles. The number of aryl methyl sites for hydroxylation is 1. The Morgan fingerprint density at radius 2 is 1.83 bits per heavy atom. The molecule has 1 fully saturated rings. The van der Waals surface area contributed by atoms with Crippen LogP contribution in [0.1, 0.15) is 37.6 Å². The fourth-order valence-corrected chi connectivity index (χ4v) is 5.07. The monoisotopic (exact) mass is 431 g/mol. The van der Waals surface area contributed by atoms with E-state index in [2.05, 4.69) is 17.1 Å². The van der Waals surface area contributed by atoms with Gasteiger partial charge >= 0.3 is 0 Å². The zero-order valence-electron chi connectivity index (χ0n) is 16.1. The van der Waals surface area contributed by atoms with Crippen molar-refractivity contribution in [2.45, 2.75) is 50.1 Å². The molecule has 0 radical (unpaired) electrons. The van der Waals surface area contributed by atoms with E-state index in [1.807, 2.05) is 24.3 Å². The Labute approximate surface area is 175 Å². The van der Waals surface area contributed by atoms with Gasteiger partial charge in [-0.3, -0.25) is 0 Å². The first-order chi connectivity index (χ1) is 14.0. The zero-order valence-corrected chi connectivity index (χ0v) is 17.7. The first-order valence-electron chi connectivity index (χ1n) is 9.67. The minimum atomic E-state index is -3.65. The molecule has 29 heavy (non-hydrogen) atoms. The lowest BCUT2D eigenvalue weighted by Gasteiger charge is -2.20. The van der Waals surface area contributed by atoms with Crippen LogP contribution in [0.5, 0.6) is 0 Å². The SMILES string of the molecule is CCCc1ccc(S(=O)(=O)N(Cc2nnc(-c3ccccc3Cl)o2)C2CC2)cc1. The largest absolute Gasteiger partial charge is 0.419 e. The highest BCUT2D eigenvalue weighted by molar-refractivity contribution is 7.89. The summed E-state index contributed by atoms with van der Waals surface area (Å²) in [6.07, 6.45) is 3.61. The van der Waals surface area contributed by atoms with Crippen LogP contribution in [0.25, 0.3) is 11.5 Å². The van der Waals surface area contributed by atoms with Crippen LogP contribution in [0.2, 0.25) is 5.02 Å². The van der Waals surface area contributed by atoms with Crippen molar-refractivity contribution in [1.82, 2.24) is 14.5 Å². The van der Waals surface area contributed by atoms with Crippen LogP contribution in [0.15, 0.2) is 57.8 Å². The zero-order chi connectivity index (χ0) is 20.4. The molecule has 2 aromatic carbocycles. The van der Waals surface area contributed by atoms with Crippen molar-refractivity contribution >= 4 is 21.6 Å². The molecule has 3 aromatic rings. The number of rotatable bonds is 8. The van der Waals surface area contributed by atoms with E-state index < -0.39 is 10.0 Å². The normalized spacial score (nSPS) is 14.4. The average molecular weight is 432 g/mol. The second-order valence-corrected chi connectivity index (χ2v) is 9.45. The number of sulfonamides is 1. The summed E-state index contributed by atoms with van der Waals surface area (Å²) in [6.45, 7) is 2.14. The van der Waals surface area contributed by atoms with Crippen LogP contribution < -0.4 is 0 Å². The number of benzene rings is 2. The van der Waals surface area contributed by atoms with E-state index in [0.717, 1.165) is 31.2 Å². The second kappa shape index (κ2) is 8.26. The summed E-state index contributed by atoms with van der Waals surface area (Å²) >= 11 is 6.19. The lowest BCUT2D eigenvalue weighted by molar-refractivity contribution is 0.351. The predicted molar refractivity (Wildman–Crippen MR) is 111 cm³/mol. The van der Waals surface area contributed by atoms with Crippen LogP contribution in [-0.2, 0) is 23.0 Å². The molecule has 1 saturated carbocycles. The van der Waals surface area contributed by atoms with Gasteiger partial charge in [0.05, 0.1) is 22.0 Å². The van der Waals surface area contributed by atoms with Crippen LogP contribution in [0.3, 0.4) is 0 Å². The summed E-state index contributed by atoms with van der Waals surface area (Å²) in [5.41, 5.74) is 1.76. The molecule has 1 heterocycles. The third-order valence-corrected chi connectivity index (χ3v) is 7.13. The van der Waals surface area contributed by atoms with Crippen LogP contribution in [0.4, 0.5) is 0 Å². The summed E-state index contributed by atoms with van der Waals surface area (Å²) in [4.78, 5) is 0.287. The smallest absolute Gasteiger partial charge is 0.249 e. The Morgan fingerprint density at radius 1 is 1.10 bits per heavy atom. The topological polar surface area (TPSA) is 76.3 Å². The Kier molecular flexibility index (Phi) is 5.72. The van der Waals surface area contributed by atoms with Crippen molar-refractivity contribution in [2.75, 3.05) is 0 Å². The Bertz CT molecular complexity index is 1090. The maximum absolute atomic E-state index is 13.2. The molecule has 0 aliphatic heterocycles. The molecule has 0 bridgehead atoms. The highest BCUT2D eigenvalue weighted by Gasteiger charge is 2.39. The lowest BCUT2D eigenvalue weighted by Crippen LogP contribution is -2.32. The third kappa shape index (κ3) is 4.37. The average Bonchev–Trinajstić information content (AvgIpc) is 3.45. The highest BCUT2D eigenvalue weighted by Crippen LogP contribution is 2.34. The number of aromatic nitrogens is 2. The molecule has 6 nitrogen and oxygen atoms in total. The van der Waals surface area contributed by atoms with Gasteiger partial charge in [0.2, 0.25) is 21.8 Å². The number of hydrogen-bond donors (Lipinski definition) is 0. The van der Waals surface area contributed by atoms with Crippen LogP contribution >= 0.6 is 11.6 Å². The van der Waals surface area contributed by atoms with Gasteiger partial charge in [-0.05, 0) is 49.1 Å². The van der Waals surface area contributed by atoms with Gasteiger partial charge in [0.1, 0.15) is 0 Å².